The molecule has 4 heteroatoms. The first-order valence-electron chi connectivity index (χ1n) is 3.26. The molecule has 0 saturated carbocycles. The van der Waals surface area contributed by atoms with Gasteiger partial charge < -0.3 is 4.84 Å². The van der Waals surface area contributed by atoms with Crippen LogP contribution >= 0.6 is 11.6 Å². The minimum atomic E-state index is -0.658. The van der Waals surface area contributed by atoms with Crippen LogP contribution in [0.3, 0.4) is 0 Å². The molecule has 1 rings (SSSR count). The summed E-state index contributed by atoms with van der Waals surface area (Å²) < 4.78 is 12.8. The fourth-order valence-electron chi connectivity index (χ4n) is 0.720. The van der Waals surface area contributed by atoms with Crippen molar-refractivity contribution in [2.45, 2.75) is 0 Å². The van der Waals surface area contributed by atoms with Gasteiger partial charge in [-0.2, -0.15) is 4.39 Å². The second-order valence-corrected chi connectivity index (χ2v) is 2.51. The lowest BCUT2D eigenvalue weighted by atomic mass is 10.2. The van der Waals surface area contributed by atoms with Gasteiger partial charge in [0, 0.05) is 10.6 Å². The average Bonchev–Trinajstić information content (AvgIpc) is 2.06. The Morgan fingerprint density at radius 1 is 1.42 bits per heavy atom. The van der Waals surface area contributed by atoms with E-state index in [9.17, 15) is 4.39 Å². The van der Waals surface area contributed by atoms with Crippen LogP contribution in [0, 0.1) is 0 Å². The number of nitrogens with zero attached hydrogens (tertiary/aromatic N) is 1. The standard InChI is InChI=1S/C8H7ClFNO/c1-12-11-8(10)6-2-4-7(9)5-3-6/h2-5H,1H3. The van der Waals surface area contributed by atoms with Gasteiger partial charge in [0.2, 0.25) is 0 Å². The molecule has 0 amide bonds. The third-order valence-corrected chi connectivity index (χ3v) is 1.51. The maximum Gasteiger partial charge on any atom is 0.257 e. The number of rotatable bonds is 2. The SMILES string of the molecule is CON=C(F)c1ccc(Cl)cc1. The Morgan fingerprint density at radius 3 is 2.50 bits per heavy atom. The van der Waals surface area contributed by atoms with Crippen LogP contribution in [-0.2, 0) is 4.84 Å². The van der Waals surface area contributed by atoms with E-state index in [1.807, 2.05) is 0 Å². The normalized spacial score (nSPS) is 11.4. The predicted octanol–water partition coefficient (Wildman–Crippen LogP) is 2.62. The van der Waals surface area contributed by atoms with Crippen molar-refractivity contribution in [1.29, 1.82) is 0 Å². The molecule has 12 heavy (non-hydrogen) atoms. The molecule has 0 aliphatic heterocycles. The van der Waals surface area contributed by atoms with Gasteiger partial charge in [-0.05, 0) is 24.3 Å². The maximum atomic E-state index is 12.8. The van der Waals surface area contributed by atoms with Gasteiger partial charge >= 0.3 is 0 Å². The lowest BCUT2D eigenvalue weighted by Gasteiger charge is -1.95. The topological polar surface area (TPSA) is 21.6 Å². The number of benzene rings is 1. The molecule has 0 unspecified atom stereocenters. The van der Waals surface area contributed by atoms with Crippen molar-refractivity contribution in [2.24, 2.45) is 5.16 Å². The lowest BCUT2D eigenvalue weighted by Crippen LogP contribution is -1.92. The maximum absolute atomic E-state index is 12.8. The molecule has 0 N–H and O–H groups in total. The highest BCUT2D eigenvalue weighted by Gasteiger charge is 2.00. The summed E-state index contributed by atoms with van der Waals surface area (Å²) in [6.45, 7) is 0. The molecule has 0 spiro atoms. The zero-order valence-electron chi connectivity index (χ0n) is 6.42. The summed E-state index contributed by atoms with van der Waals surface area (Å²) in [4.78, 5) is 4.27. The van der Waals surface area contributed by atoms with Gasteiger partial charge in [-0.25, -0.2) is 0 Å². The van der Waals surface area contributed by atoms with E-state index in [1.165, 1.54) is 19.2 Å². The van der Waals surface area contributed by atoms with Gasteiger partial charge in [0.1, 0.15) is 7.11 Å². The molecular formula is C8H7ClFNO. The lowest BCUT2D eigenvalue weighted by molar-refractivity contribution is 0.209. The summed E-state index contributed by atoms with van der Waals surface area (Å²) in [5, 5.41) is 3.69. The molecule has 1 aromatic rings. The number of hydrogen-bond donors (Lipinski definition) is 0. The van der Waals surface area contributed by atoms with Gasteiger partial charge in [0.05, 0.1) is 0 Å². The van der Waals surface area contributed by atoms with Gasteiger partial charge in [-0.15, -0.1) is 0 Å². The molecule has 0 radical (unpaired) electrons. The van der Waals surface area contributed by atoms with Crippen molar-refractivity contribution in [1.82, 2.24) is 0 Å². The Balaban J connectivity index is 2.89. The van der Waals surface area contributed by atoms with Crippen LogP contribution in [0.5, 0.6) is 0 Å². The molecule has 1 aromatic carbocycles. The molecule has 2 nitrogen and oxygen atoms in total. The Hall–Kier alpha value is -1.09. The van der Waals surface area contributed by atoms with E-state index in [0.29, 0.717) is 10.6 Å². The zero-order chi connectivity index (χ0) is 8.97. The third kappa shape index (κ3) is 2.20. The molecule has 0 aliphatic carbocycles. The van der Waals surface area contributed by atoms with Crippen LogP contribution < -0.4 is 0 Å². The first kappa shape index (κ1) is 9.00. The molecular weight excluding hydrogens is 181 g/mol. The number of halogens is 2. The molecule has 0 fully saturated rings. The van der Waals surface area contributed by atoms with Crippen molar-refractivity contribution in [3.63, 3.8) is 0 Å². The Morgan fingerprint density at radius 2 is 2.00 bits per heavy atom. The largest absolute Gasteiger partial charge is 0.397 e. The summed E-state index contributed by atoms with van der Waals surface area (Å²) in [6.07, 6.45) is 0. The summed E-state index contributed by atoms with van der Waals surface area (Å²) >= 11 is 5.60. The molecule has 0 heterocycles. The van der Waals surface area contributed by atoms with Crippen molar-refractivity contribution < 1.29 is 9.23 Å². The van der Waals surface area contributed by atoms with E-state index in [2.05, 4.69) is 9.99 Å². The minimum Gasteiger partial charge on any atom is -0.397 e. The molecule has 64 valence electrons. The third-order valence-electron chi connectivity index (χ3n) is 1.25. The highest BCUT2D eigenvalue weighted by molar-refractivity contribution is 6.30. The second kappa shape index (κ2) is 4.07. The zero-order valence-corrected chi connectivity index (χ0v) is 7.18. The Kier molecular flexibility index (Phi) is 3.05. The Labute approximate surface area is 74.6 Å². The first-order chi connectivity index (χ1) is 5.74. The number of hydrogen-bond acceptors (Lipinski definition) is 2. The molecule has 0 aromatic heterocycles. The fourth-order valence-corrected chi connectivity index (χ4v) is 0.846. The van der Waals surface area contributed by atoms with E-state index < -0.39 is 5.97 Å². The predicted molar refractivity (Wildman–Crippen MR) is 46.1 cm³/mol. The minimum absolute atomic E-state index is 0.348. The molecule has 0 bridgehead atoms. The van der Waals surface area contributed by atoms with Crippen molar-refractivity contribution >= 4 is 17.6 Å². The quantitative estimate of drug-likeness (QED) is 0.515. The summed E-state index contributed by atoms with van der Waals surface area (Å²) in [7, 11) is 1.29. The molecule has 0 aliphatic rings. The van der Waals surface area contributed by atoms with E-state index in [4.69, 9.17) is 11.6 Å². The van der Waals surface area contributed by atoms with Crippen LogP contribution in [0.2, 0.25) is 5.02 Å². The van der Waals surface area contributed by atoms with Crippen molar-refractivity contribution in [2.75, 3.05) is 7.11 Å². The summed E-state index contributed by atoms with van der Waals surface area (Å²) in [5.74, 6) is -0.658. The monoisotopic (exact) mass is 187 g/mol. The van der Waals surface area contributed by atoms with Gasteiger partial charge in [-0.1, -0.05) is 16.8 Å². The fraction of sp³-hybridized carbons (Fsp3) is 0.125. The highest BCUT2D eigenvalue weighted by atomic mass is 35.5. The van der Waals surface area contributed by atoms with E-state index >= 15 is 0 Å². The Bertz CT molecular complexity index is 284. The molecule has 0 atom stereocenters. The van der Waals surface area contributed by atoms with Crippen molar-refractivity contribution in [3.8, 4) is 0 Å². The van der Waals surface area contributed by atoms with Crippen LogP contribution in [0.15, 0.2) is 29.4 Å². The second-order valence-electron chi connectivity index (χ2n) is 2.07. The first-order valence-corrected chi connectivity index (χ1v) is 3.64. The molecule has 0 saturated heterocycles. The van der Waals surface area contributed by atoms with E-state index in [1.54, 1.807) is 12.1 Å². The smallest absolute Gasteiger partial charge is 0.257 e. The number of oxime groups is 1. The van der Waals surface area contributed by atoms with Crippen LogP contribution in [0.25, 0.3) is 0 Å². The van der Waals surface area contributed by atoms with E-state index in [0.717, 1.165) is 0 Å². The summed E-state index contributed by atoms with van der Waals surface area (Å²) in [5.41, 5.74) is 0.348. The van der Waals surface area contributed by atoms with Gasteiger partial charge in [-0.3, -0.25) is 0 Å². The summed E-state index contributed by atoms with van der Waals surface area (Å²) in [6, 6.07) is 6.23. The van der Waals surface area contributed by atoms with Crippen LogP contribution in [0.4, 0.5) is 4.39 Å². The van der Waals surface area contributed by atoms with Crippen molar-refractivity contribution in [3.05, 3.63) is 34.9 Å². The van der Waals surface area contributed by atoms with Crippen LogP contribution in [-0.4, -0.2) is 13.1 Å². The average molecular weight is 188 g/mol. The van der Waals surface area contributed by atoms with Gasteiger partial charge in [0.25, 0.3) is 5.97 Å². The van der Waals surface area contributed by atoms with Crippen LogP contribution in [0.1, 0.15) is 5.56 Å². The van der Waals surface area contributed by atoms with E-state index in [-0.39, 0.29) is 0 Å². The highest BCUT2D eigenvalue weighted by Crippen LogP contribution is 2.10. The van der Waals surface area contributed by atoms with Gasteiger partial charge in [0.15, 0.2) is 0 Å².